The number of halogens is 1. The highest BCUT2D eigenvalue weighted by Crippen LogP contribution is 2.29. The highest BCUT2D eigenvalue weighted by Gasteiger charge is 2.18. The first kappa shape index (κ1) is 14.4. The maximum absolute atomic E-state index is 12.3. The first-order chi connectivity index (χ1) is 10.6. The van der Waals surface area contributed by atoms with Crippen molar-refractivity contribution in [2.24, 2.45) is 0 Å². The summed E-state index contributed by atoms with van der Waals surface area (Å²) in [5.74, 6) is 1.01. The SMILES string of the molecule is COc1ccc2oc(C(=O)Nc3ccc(Cl)cn3)c(C)c2c1. The summed E-state index contributed by atoms with van der Waals surface area (Å²) in [6.07, 6.45) is 1.47. The van der Waals surface area contributed by atoms with Crippen LogP contribution in [-0.4, -0.2) is 18.0 Å². The third-order valence-electron chi connectivity index (χ3n) is 3.32. The summed E-state index contributed by atoms with van der Waals surface area (Å²) in [7, 11) is 1.59. The Labute approximate surface area is 131 Å². The number of aryl methyl sites for hydroxylation is 1. The van der Waals surface area contributed by atoms with Crippen LogP contribution in [-0.2, 0) is 0 Å². The Balaban J connectivity index is 1.93. The number of amides is 1. The average Bonchev–Trinajstić information content (AvgIpc) is 2.86. The molecule has 0 saturated carbocycles. The average molecular weight is 317 g/mol. The fraction of sp³-hybridized carbons (Fsp3) is 0.125. The largest absolute Gasteiger partial charge is 0.497 e. The number of rotatable bonds is 3. The number of nitrogens with one attached hydrogen (secondary N) is 1. The summed E-state index contributed by atoms with van der Waals surface area (Å²) in [5, 5.41) is 4.03. The lowest BCUT2D eigenvalue weighted by Crippen LogP contribution is -2.13. The van der Waals surface area contributed by atoms with Gasteiger partial charge in [0.25, 0.3) is 5.91 Å². The molecule has 1 N–H and O–H groups in total. The third kappa shape index (κ3) is 2.63. The van der Waals surface area contributed by atoms with Crippen molar-refractivity contribution in [3.05, 3.63) is 52.9 Å². The molecule has 2 aromatic heterocycles. The Morgan fingerprint density at radius 1 is 1.32 bits per heavy atom. The molecule has 2 heterocycles. The van der Waals surface area contributed by atoms with Crippen LogP contribution in [0.1, 0.15) is 16.1 Å². The van der Waals surface area contributed by atoms with Crippen LogP contribution in [0.3, 0.4) is 0 Å². The number of anilines is 1. The standard InChI is InChI=1S/C16H13ClN2O3/c1-9-12-7-11(21-2)4-5-13(12)22-15(9)16(20)19-14-6-3-10(17)8-18-14/h3-8H,1-2H3,(H,18,19,20). The van der Waals surface area contributed by atoms with Gasteiger partial charge in [-0.25, -0.2) is 4.98 Å². The van der Waals surface area contributed by atoms with Gasteiger partial charge in [-0.2, -0.15) is 0 Å². The number of carbonyl (C=O) groups excluding carboxylic acids is 1. The number of furan rings is 1. The number of aromatic nitrogens is 1. The van der Waals surface area contributed by atoms with E-state index in [1.807, 2.05) is 13.0 Å². The Hall–Kier alpha value is -2.53. The lowest BCUT2D eigenvalue weighted by atomic mass is 10.1. The number of benzene rings is 1. The molecule has 0 bridgehead atoms. The Bertz CT molecular complexity index is 840. The van der Waals surface area contributed by atoms with Crippen molar-refractivity contribution in [3.8, 4) is 5.75 Å². The van der Waals surface area contributed by atoms with Gasteiger partial charge in [0.1, 0.15) is 17.2 Å². The minimum Gasteiger partial charge on any atom is -0.497 e. The highest BCUT2D eigenvalue weighted by molar-refractivity contribution is 6.30. The van der Waals surface area contributed by atoms with Crippen molar-refractivity contribution in [2.75, 3.05) is 12.4 Å². The molecule has 0 fully saturated rings. The van der Waals surface area contributed by atoms with Gasteiger partial charge in [0.05, 0.1) is 12.1 Å². The van der Waals surface area contributed by atoms with Gasteiger partial charge in [-0.3, -0.25) is 4.79 Å². The number of nitrogens with zero attached hydrogens (tertiary/aromatic N) is 1. The van der Waals surface area contributed by atoms with Crippen LogP contribution in [0, 0.1) is 6.92 Å². The van der Waals surface area contributed by atoms with Crippen molar-refractivity contribution < 1.29 is 13.9 Å². The molecule has 0 aliphatic rings. The Kier molecular flexibility index (Phi) is 3.73. The van der Waals surface area contributed by atoms with E-state index in [0.29, 0.717) is 22.2 Å². The van der Waals surface area contributed by atoms with Gasteiger partial charge in [-0.05, 0) is 37.3 Å². The highest BCUT2D eigenvalue weighted by atomic mass is 35.5. The molecule has 6 heteroatoms. The predicted octanol–water partition coefficient (Wildman–Crippen LogP) is 4.05. The topological polar surface area (TPSA) is 64.4 Å². The third-order valence-corrected chi connectivity index (χ3v) is 3.54. The number of pyridine rings is 1. The molecule has 112 valence electrons. The molecule has 0 unspecified atom stereocenters. The second-order valence-corrected chi connectivity index (χ2v) is 5.17. The fourth-order valence-corrected chi connectivity index (χ4v) is 2.28. The lowest BCUT2D eigenvalue weighted by Gasteiger charge is -2.02. The molecule has 3 rings (SSSR count). The van der Waals surface area contributed by atoms with Crippen LogP contribution in [0.5, 0.6) is 5.75 Å². The molecule has 22 heavy (non-hydrogen) atoms. The zero-order valence-electron chi connectivity index (χ0n) is 12.0. The molecule has 0 spiro atoms. The van der Waals surface area contributed by atoms with E-state index in [4.69, 9.17) is 20.8 Å². The van der Waals surface area contributed by atoms with Crippen LogP contribution in [0.4, 0.5) is 5.82 Å². The minimum absolute atomic E-state index is 0.250. The number of ether oxygens (including phenoxy) is 1. The van der Waals surface area contributed by atoms with E-state index in [1.54, 1.807) is 31.4 Å². The second kappa shape index (κ2) is 5.69. The molecule has 1 aromatic carbocycles. The van der Waals surface area contributed by atoms with Crippen LogP contribution in [0.25, 0.3) is 11.0 Å². The molecule has 3 aromatic rings. The van der Waals surface area contributed by atoms with Crippen molar-refractivity contribution in [2.45, 2.75) is 6.92 Å². The number of fused-ring (bicyclic) bond motifs is 1. The van der Waals surface area contributed by atoms with Crippen molar-refractivity contribution in [3.63, 3.8) is 0 Å². The van der Waals surface area contributed by atoms with Gasteiger partial charge in [-0.15, -0.1) is 0 Å². The lowest BCUT2D eigenvalue weighted by molar-refractivity contribution is 0.0997. The van der Waals surface area contributed by atoms with E-state index in [0.717, 1.165) is 10.9 Å². The van der Waals surface area contributed by atoms with E-state index in [1.165, 1.54) is 6.20 Å². The molecule has 0 saturated heterocycles. The Morgan fingerprint density at radius 3 is 2.82 bits per heavy atom. The maximum Gasteiger partial charge on any atom is 0.292 e. The van der Waals surface area contributed by atoms with Gasteiger partial charge in [0.2, 0.25) is 0 Å². The summed E-state index contributed by atoms with van der Waals surface area (Å²) in [5.41, 5.74) is 1.38. The molecule has 0 aliphatic carbocycles. The van der Waals surface area contributed by atoms with Crippen LogP contribution in [0.2, 0.25) is 5.02 Å². The minimum atomic E-state index is -0.359. The summed E-state index contributed by atoms with van der Waals surface area (Å²) in [6.45, 7) is 1.83. The van der Waals surface area contributed by atoms with E-state index in [9.17, 15) is 4.79 Å². The smallest absolute Gasteiger partial charge is 0.292 e. The van der Waals surface area contributed by atoms with E-state index in [2.05, 4.69) is 10.3 Å². The van der Waals surface area contributed by atoms with Crippen LogP contribution in [0.15, 0.2) is 40.9 Å². The molecule has 5 nitrogen and oxygen atoms in total. The van der Waals surface area contributed by atoms with Crippen LogP contribution < -0.4 is 10.1 Å². The van der Waals surface area contributed by atoms with Gasteiger partial charge in [-0.1, -0.05) is 11.6 Å². The zero-order chi connectivity index (χ0) is 15.7. The summed E-state index contributed by atoms with van der Waals surface area (Å²) in [6, 6.07) is 8.68. The first-order valence-corrected chi connectivity index (χ1v) is 6.96. The first-order valence-electron chi connectivity index (χ1n) is 6.58. The van der Waals surface area contributed by atoms with Gasteiger partial charge < -0.3 is 14.5 Å². The normalized spacial score (nSPS) is 10.7. The maximum atomic E-state index is 12.3. The number of methoxy groups -OCH3 is 1. The number of hydrogen-bond donors (Lipinski definition) is 1. The monoisotopic (exact) mass is 316 g/mol. The van der Waals surface area contributed by atoms with Gasteiger partial charge in [0, 0.05) is 17.1 Å². The van der Waals surface area contributed by atoms with E-state index < -0.39 is 0 Å². The molecule has 0 atom stereocenters. The van der Waals surface area contributed by atoms with Crippen molar-refractivity contribution >= 4 is 34.3 Å². The Morgan fingerprint density at radius 2 is 2.14 bits per heavy atom. The van der Waals surface area contributed by atoms with E-state index >= 15 is 0 Å². The van der Waals surface area contributed by atoms with Crippen molar-refractivity contribution in [1.29, 1.82) is 0 Å². The molecule has 1 amide bonds. The molecular formula is C16H13ClN2O3. The second-order valence-electron chi connectivity index (χ2n) is 4.73. The van der Waals surface area contributed by atoms with Gasteiger partial charge in [0.15, 0.2) is 5.76 Å². The molecule has 0 aliphatic heterocycles. The number of carbonyl (C=O) groups is 1. The number of hydrogen-bond acceptors (Lipinski definition) is 4. The van der Waals surface area contributed by atoms with Gasteiger partial charge >= 0.3 is 0 Å². The zero-order valence-corrected chi connectivity index (χ0v) is 12.8. The van der Waals surface area contributed by atoms with E-state index in [-0.39, 0.29) is 11.7 Å². The summed E-state index contributed by atoms with van der Waals surface area (Å²) < 4.78 is 10.8. The predicted molar refractivity (Wildman–Crippen MR) is 84.7 cm³/mol. The quantitative estimate of drug-likeness (QED) is 0.791. The summed E-state index contributed by atoms with van der Waals surface area (Å²) in [4.78, 5) is 16.4. The molecule has 0 radical (unpaired) electrons. The summed E-state index contributed by atoms with van der Waals surface area (Å²) >= 11 is 5.77. The van der Waals surface area contributed by atoms with Crippen LogP contribution >= 0.6 is 11.6 Å². The molecular weight excluding hydrogens is 304 g/mol. The van der Waals surface area contributed by atoms with Crippen molar-refractivity contribution in [1.82, 2.24) is 4.98 Å². The fourth-order valence-electron chi connectivity index (χ4n) is 2.17.